The molecule has 0 saturated heterocycles. The van der Waals surface area contributed by atoms with Crippen LogP contribution in [0.3, 0.4) is 0 Å². The van der Waals surface area contributed by atoms with Gasteiger partial charge in [0.2, 0.25) is 0 Å². The molecular formula is C50H58F12N2O8P2. The van der Waals surface area contributed by atoms with E-state index < -0.39 is 15.6 Å². The molecule has 0 aliphatic carbocycles. The number of hydrogen-bond acceptors (Lipinski definition) is 8. The Morgan fingerprint density at radius 3 is 0.946 bits per heavy atom. The summed E-state index contributed by atoms with van der Waals surface area (Å²) in [6.07, 6.45) is 8.62. The van der Waals surface area contributed by atoms with E-state index in [0.717, 1.165) is 24.6 Å². The van der Waals surface area contributed by atoms with Gasteiger partial charge in [0.1, 0.15) is 37.9 Å². The van der Waals surface area contributed by atoms with E-state index in [2.05, 4.69) is 121 Å². The molecule has 0 atom stereocenters. The second kappa shape index (κ2) is 26.1. The molecule has 1 aliphatic rings. The van der Waals surface area contributed by atoms with Crippen molar-refractivity contribution in [3.8, 4) is 34.1 Å². The second-order valence-electron chi connectivity index (χ2n) is 16.2. The van der Waals surface area contributed by atoms with Crippen molar-refractivity contribution < 1.29 is 97.4 Å². The monoisotopic (exact) mass is 1100 g/mol. The molecule has 0 saturated carbocycles. The van der Waals surface area contributed by atoms with Crippen LogP contribution >= 0.6 is 15.6 Å². The Bertz CT molecular complexity index is 2390. The predicted octanol–water partition coefficient (Wildman–Crippen LogP) is 14.4. The van der Waals surface area contributed by atoms with Gasteiger partial charge in [-0.15, -0.1) is 0 Å². The molecule has 0 spiro atoms. The molecule has 410 valence electrons. The zero-order valence-corrected chi connectivity index (χ0v) is 42.1. The molecule has 0 fully saturated rings. The van der Waals surface area contributed by atoms with Crippen LogP contribution in [0.15, 0.2) is 146 Å². The minimum atomic E-state index is -10.7. The molecule has 24 heteroatoms. The number of hydrogen-bond donors (Lipinski definition) is 0. The van der Waals surface area contributed by atoms with E-state index in [1.54, 1.807) is 0 Å². The fourth-order valence-corrected chi connectivity index (χ4v) is 6.16. The van der Waals surface area contributed by atoms with Gasteiger partial charge in [-0.05, 0) is 49.2 Å². The summed E-state index contributed by atoms with van der Waals surface area (Å²) in [4.78, 5) is 0. The Kier molecular flexibility index (Phi) is 21.5. The topological polar surface area (TPSA) is 81.6 Å². The van der Waals surface area contributed by atoms with Crippen LogP contribution in [0.5, 0.6) is 23.0 Å². The Hall–Kier alpha value is -5.76. The van der Waals surface area contributed by atoms with Crippen LogP contribution in [0.2, 0.25) is 0 Å². The Labute approximate surface area is 420 Å². The van der Waals surface area contributed by atoms with Crippen LogP contribution in [0.4, 0.5) is 50.4 Å². The fraction of sp³-hybridized carbons (Fsp3) is 0.320. The summed E-state index contributed by atoms with van der Waals surface area (Å²) in [7, 11) is -21.3. The minimum Gasteiger partial charge on any atom is -0.491 e. The average molecular weight is 1100 g/mol. The van der Waals surface area contributed by atoms with E-state index in [1.165, 1.54) is 33.4 Å². The van der Waals surface area contributed by atoms with Crippen LogP contribution in [-0.2, 0) is 32.0 Å². The molecule has 7 rings (SSSR count). The molecule has 4 aromatic carbocycles. The third kappa shape index (κ3) is 32.4. The standard InChI is InChI=1S/C26H26N2.C24H32O8.2F6P/c1-21-3-7-23(8-4-21)19-27-15-11-25(12-16-27)26-13-17-28(18-14-26)20-24-9-5-22(2)6-10-24;1-2-7-24-23(6-1)31-18-14-27-10-8-25-12-16-29-21-4-3-5-22(20-21)30-17-13-26-9-11-28-15-19-32-24;2*1-7(2,3,4,5)6/h3-18H,19-20H2,1-2H3;1-7,20H,8-19H2;;/q+2;;2*-1. The first-order valence-corrected chi connectivity index (χ1v) is 26.8. The van der Waals surface area contributed by atoms with Crippen molar-refractivity contribution in [1.82, 2.24) is 0 Å². The van der Waals surface area contributed by atoms with E-state index in [0.29, 0.717) is 90.8 Å². The molecule has 74 heavy (non-hydrogen) atoms. The zero-order valence-electron chi connectivity index (χ0n) is 40.3. The van der Waals surface area contributed by atoms with Crippen molar-refractivity contribution in [3.05, 3.63) is 168 Å². The third-order valence-corrected chi connectivity index (χ3v) is 9.45. The number of nitrogens with zero attached hydrogens (tertiary/aromatic N) is 2. The number of rotatable bonds is 5. The molecule has 10 nitrogen and oxygen atoms in total. The number of ether oxygens (including phenoxy) is 8. The van der Waals surface area contributed by atoms with Gasteiger partial charge < -0.3 is 37.9 Å². The number of halogens is 12. The molecule has 6 aromatic rings. The Morgan fingerprint density at radius 2 is 0.635 bits per heavy atom. The molecule has 2 bridgehead atoms. The van der Waals surface area contributed by atoms with Gasteiger partial charge in [0.05, 0.1) is 52.9 Å². The summed E-state index contributed by atoms with van der Waals surface area (Å²) in [6, 6.07) is 41.3. The van der Waals surface area contributed by atoms with Gasteiger partial charge >= 0.3 is 66.0 Å². The maximum Gasteiger partial charge on any atom is 0.161 e. The summed E-state index contributed by atoms with van der Waals surface area (Å²) in [6.45, 7) is 11.6. The van der Waals surface area contributed by atoms with E-state index >= 15 is 0 Å². The summed E-state index contributed by atoms with van der Waals surface area (Å²) < 4.78 is 168. The summed E-state index contributed by atoms with van der Waals surface area (Å²) in [5.41, 5.74) is 7.71. The van der Waals surface area contributed by atoms with E-state index in [4.69, 9.17) is 37.9 Å². The Balaban J connectivity index is 0.000000256. The number of benzene rings is 4. The van der Waals surface area contributed by atoms with Crippen molar-refractivity contribution in [3.63, 3.8) is 0 Å². The first-order chi connectivity index (χ1) is 34.5. The summed E-state index contributed by atoms with van der Waals surface area (Å²) in [5, 5.41) is 0. The first kappa shape index (κ1) is 60.8. The average Bonchev–Trinajstić information content (AvgIpc) is 3.31. The van der Waals surface area contributed by atoms with Crippen molar-refractivity contribution >= 4 is 15.6 Å². The van der Waals surface area contributed by atoms with E-state index in [1.807, 2.05) is 48.5 Å². The molecule has 0 unspecified atom stereocenters. The van der Waals surface area contributed by atoms with Gasteiger partial charge in [-0.3, -0.25) is 0 Å². The number of aryl methyl sites for hydroxylation is 2. The van der Waals surface area contributed by atoms with Crippen LogP contribution < -0.4 is 28.1 Å². The van der Waals surface area contributed by atoms with Crippen LogP contribution in [-0.4, -0.2) is 79.3 Å². The zero-order chi connectivity index (χ0) is 54.3. The minimum absolute atomic E-state index is 0.426. The van der Waals surface area contributed by atoms with E-state index in [-0.39, 0.29) is 0 Å². The number of pyridine rings is 2. The molecule has 3 heterocycles. The van der Waals surface area contributed by atoms with Crippen molar-refractivity contribution in [2.24, 2.45) is 0 Å². The molecule has 0 amide bonds. The number of aromatic nitrogens is 2. The van der Waals surface area contributed by atoms with Gasteiger partial charge in [-0.1, -0.05) is 77.9 Å². The van der Waals surface area contributed by atoms with E-state index in [9.17, 15) is 50.4 Å². The van der Waals surface area contributed by atoms with Crippen molar-refractivity contribution in [2.75, 3.05) is 79.3 Å². The molecule has 0 radical (unpaired) electrons. The van der Waals surface area contributed by atoms with Crippen molar-refractivity contribution in [1.29, 1.82) is 0 Å². The summed E-state index contributed by atoms with van der Waals surface area (Å²) in [5.74, 6) is 2.84. The SMILES string of the molecule is Cc1ccc(C[n+]2ccc(-c3cc[n+](Cc4ccc(C)cc4)cc3)cc2)cc1.F[P-](F)(F)(F)(F)F.F[P-](F)(F)(F)(F)F.c1cc2cc(c1)OCCOCCOCCOc1ccccc1OCCOCCOCCO2. The van der Waals surface area contributed by atoms with Gasteiger partial charge in [0, 0.05) is 41.5 Å². The molecule has 2 aromatic heterocycles. The van der Waals surface area contributed by atoms with Crippen molar-refractivity contribution in [2.45, 2.75) is 26.9 Å². The third-order valence-electron chi connectivity index (χ3n) is 9.45. The maximum absolute atomic E-state index is 10.7. The fourth-order valence-electron chi connectivity index (χ4n) is 6.16. The second-order valence-corrected chi connectivity index (χ2v) is 20.0. The smallest absolute Gasteiger partial charge is 0.161 e. The quantitative estimate of drug-likeness (QED) is 0.0959. The molecular weight excluding hydrogens is 1050 g/mol. The molecule has 0 N–H and O–H groups in total. The molecule has 1 aliphatic heterocycles. The first-order valence-electron chi connectivity index (χ1n) is 22.7. The van der Waals surface area contributed by atoms with Crippen LogP contribution in [0, 0.1) is 13.8 Å². The normalized spacial score (nSPS) is 16.4. The van der Waals surface area contributed by atoms with Gasteiger partial charge in [0.25, 0.3) is 0 Å². The van der Waals surface area contributed by atoms with Crippen LogP contribution in [0.1, 0.15) is 22.3 Å². The predicted molar refractivity (Wildman–Crippen MR) is 258 cm³/mol. The van der Waals surface area contributed by atoms with Gasteiger partial charge in [0.15, 0.2) is 49.4 Å². The largest absolute Gasteiger partial charge is 0.491 e. The number of para-hydroxylation sites is 2. The maximum atomic E-state index is 9.87. The van der Waals surface area contributed by atoms with Gasteiger partial charge in [-0.25, -0.2) is 9.13 Å². The number of fused-ring (bicyclic) bond motifs is 3. The summed E-state index contributed by atoms with van der Waals surface area (Å²) >= 11 is 0. The van der Waals surface area contributed by atoms with Crippen LogP contribution in [0.25, 0.3) is 11.1 Å². The van der Waals surface area contributed by atoms with Gasteiger partial charge in [-0.2, -0.15) is 0 Å². The Morgan fingerprint density at radius 1 is 0.351 bits per heavy atom.